The number of benzene rings is 3. The van der Waals surface area contributed by atoms with E-state index in [1.807, 2.05) is 85.8 Å². The molecule has 28 heavy (non-hydrogen) atoms. The smallest absolute Gasteiger partial charge is 0.363 e. The average molecular weight is 369 g/mol. The van der Waals surface area contributed by atoms with E-state index in [0.717, 1.165) is 28.0 Å². The number of aliphatic imine (C=N–C) groups is 1. The number of ether oxygens (including phenoxy) is 2. The van der Waals surface area contributed by atoms with Crippen LogP contribution in [0.2, 0.25) is 0 Å². The minimum Gasteiger partial charge on any atom is -0.489 e. The number of aryl methyl sites for hydroxylation is 1. The molecule has 4 heteroatoms. The minimum absolute atomic E-state index is 0.287. The minimum atomic E-state index is -0.444. The highest BCUT2D eigenvalue weighted by atomic mass is 16.6. The molecular weight excluding hydrogens is 350 g/mol. The van der Waals surface area contributed by atoms with E-state index in [9.17, 15) is 4.79 Å². The second-order valence-electron chi connectivity index (χ2n) is 6.55. The number of rotatable bonds is 5. The molecule has 4 nitrogen and oxygen atoms in total. The zero-order valence-corrected chi connectivity index (χ0v) is 15.5. The average Bonchev–Trinajstić information content (AvgIpc) is 3.09. The van der Waals surface area contributed by atoms with Gasteiger partial charge < -0.3 is 9.47 Å². The Hall–Kier alpha value is -3.66. The van der Waals surface area contributed by atoms with Crippen LogP contribution in [0.5, 0.6) is 5.75 Å². The van der Waals surface area contributed by atoms with Crippen molar-refractivity contribution in [2.24, 2.45) is 4.99 Å². The zero-order valence-electron chi connectivity index (χ0n) is 15.5. The fraction of sp³-hybridized carbons (Fsp3) is 0.0833. The molecule has 0 atom stereocenters. The molecule has 1 heterocycles. The molecule has 4 rings (SSSR count). The normalized spacial score (nSPS) is 14.7. The summed E-state index contributed by atoms with van der Waals surface area (Å²) < 4.78 is 11.1. The lowest BCUT2D eigenvalue weighted by atomic mass is 10.1. The zero-order chi connectivity index (χ0) is 19.3. The Kier molecular flexibility index (Phi) is 5.02. The maximum absolute atomic E-state index is 12.1. The number of hydrogen-bond acceptors (Lipinski definition) is 4. The van der Waals surface area contributed by atoms with Crippen molar-refractivity contribution in [1.82, 2.24) is 0 Å². The topological polar surface area (TPSA) is 47.9 Å². The molecule has 0 bridgehead atoms. The van der Waals surface area contributed by atoms with E-state index >= 15 is 0 Å². The van der Waals surface area contributed by atoms with E-state index in [1.165, 1.54) is 0 Å². The Morgan fingerprint density at radius 2 is 1.75 bits per heavy atom. The van der Waals surface area contributed by atoms with Gasteiger partial charge in [0.25, 0.3) is 0 Å². The number of nitrogens with zero attached hydrogens (tertiary/aromatic N) is 1. The molecule has 0 aliphatic carbocycles. The van der Waals surface area contributed by atoms with Crippen LogP contribution in [-0.2, 0) is 16.1 Å². The van der Waals surface area contributed by atoms with Gasteiger partial charge in [0, 0.05) is 5.56 Å². The van der Waals surface area contributed by atoms with Crippen LogP contribution in [0.1, 0.15) is 22.3 Å². The lowest BCUT2D eigenvalue weighted by Gasteiger charge is -2.06. The van der Waals surface area contributed by atoms with Crippen LogP contribution in [0.25, 0.3) is 6.08 Å². The van der Waals surface area contributed by atoms with Crippen LogP contribution in [0.4, 0.5) is 0 Å². The molecule has 3 aromatic carbocycles. The van der Waals surface area contributed by atoms with Crippen LogP contribution in [-0.4, -0.2) is 11.9 Å². The lowest BCUT2D eigenvalue weighted by Crippen LogP contribution is -2.05. The van der Waals surface area contributed by atoms with Gasteiger partial charge in [-0.2, -0.15) is 0 Å². The number of carbonyl (C=O) groups is 1. The van der Waals surface area contributed by atoms with Gasteiger partial charge in [-0.3, -0.25) is 0 Å². The van der Waals surface area contributed by atoms with Crippen LogP contribution in [0.3, 0.4) is 0 Å². The van der Waals surface area contributed by atoms with Gasteiger partial charge in [-0.25, -0.2) is 9.79 Å². The largest absolute Gasteiger partial charge is 0.489 e. The highest BCUT2D eigenvalue weighted by molar-refractivity contribution is 6.12. The highest BCUT2D eigenvalue weighted by Gasteiger charge is 2.24. The Morgan fingerprint density at radius 1 is 0.964 bits per heavy atom. The second-order valence-corrected chi connectivity index (χ2v) is 6.55. The molecule has 138 valence electrons. The number of hydrogen-bond donors (Lipinski definition) is 0. The summed E-state index contributed by atoms with van der Waals surface area (Å²) in [6.07, 6.45) is 1.71. The van der Waals surface area contributed by atoms with Crippen LogP contribution in [0.15, 0.2) is 89.6 Å². The summed E-state index contributed by atoms with van der Waals surface area (Å²) >= 11 is 0. The first-order valence-electron chi connectivity index (χ1n) is 9.04. The van der Waals surface area contributed by atoms with Crippen LogP contribution < -0.4 is 4.74 Å². The van der Waals surface area contributed by atoms with Crippen molar-refractivity contribution in [3.8, 4) is 5.75 Å². The fourth-order valence-corrected chi connectivity index (χ4v) is 2.87. The molecule has 0 spiro atoms. The molecule has 0 aromatic heterocycles. The molecule has 0 N–H and O–H groups in total. The molecular formula is C24H19NO3. The maximum atomic E-state index is 12.1. The van der Waals surface area contributed by atoms with Crippen LogP contribution >= 0.6 is 0 Å². The first-order valence-corrected chi connectivity index (χ1v) is 9.04. The molecule has 0 fully saturated rings. The molecule has 0 radical (unpaired) electrons. The summed E-state index contributed by atoms with van der Waals surface area (Å²) in [5.74, 6) is 0.660. The summed E-state index contributed by atoms with van der Waals surface area (Å²) in [4.78, 5) is 16.5. The van der Waals surface area contributed by atoms with Gasteiger partial charge in [0.1, 0.15) is 12.4 Å². The second kappa shape index (κ2) is 7.92. The fourth-order valence-electron chi connectivity index (χ4n) is 2.87. The lowest BCUT2D eigenvalue weighted by molar-refractivity contribution is -0.129. The predicted molar refractivity (Wildman–Crippen MR) is 109 cm³/mol. The molecule has 3 aromatic rings. The number of esters is 1. The van der Waals surface area contributed by atoms with Crippen molar-refractivity contribution in [1.29, 1.82) is 0 Å². The predicted octanol–water partition coefficient (Wildman–Crippen LogP) is 4.92. The molecule has 0 unspecified atom stereocenters. The van der Waals surface area contributed by atoms with E-state index in [2.05, 4.69) is 4.99 Å². The van der Waals surface area contributed by atoms with Crippen molar-refractivity contribution in [2.45, 2.75) is 13.5 Å². The molecule has 1 aliphatic rings. The quantitative estimate of drug-likeness (QED) is 0.474. The van der Waals surface area contributed by atoms with Crippen molar-refractivity contribution in [3.63, 3.8) is 0 Å². The van der Waals surface area contributed by atoms with Gasteiger partial charge in [-0.1, -0.05) is 60.2 Å². The number of cyclic esters (lactones) is 1. The summed E-state index contributed by atoms with van der Waals surface area (Å²) in [5.41, 5.74) is 4.13. The van der Waals surface area contributed by atoms with Crippen molar-refractivity contribution < 1.29 is 14.3 Å². The van der Waals surface area contributed by atoms with Crippen molar-refractivity contribution in [2.75, 3.05) is 0 Å². The van der Waals surface area contributed by atoms with E-state index in [-0.39, 0.29) is 5.70 Å². The third-order valence-corrected chi connectivity index (χ3v) is 4.32. The van der Waals surface area contributed by atoms with Crippen molar-refractivity contribution in [3.05, 3.63) is 107 Å². The van der Waals surface area contributed by atoms with E-state index in [4.69, 9.17) is 9.47 Å². The van der Waals surface area contributed by atoms with E-state index in [0.29, 0.717) is 12.5 Å². The molecule has 0 saturated heterocycles. The van der Waals surface area contributed by atoms with E-state index in [1.54, 1.807) is 6.08 Å². The number of carbonyl (C=O) groups excluding carboxylic acids is 1. The van der Waals surface area contributed by atoms with Crippen LogP contribution in [0, 0.1) is 6.92 Å². The summed E-state index contributed by atoms with van der Waals surface area (Å²) in [7, 11) is 0. The first-order chi connectivity index (χ1) is 13.7. The Balaban J connectivity index is 1.47. The van der Waals surface area contributed by atoms with Gasteiger partial charge in [-0.15, -0.1) is 0 Å². The van der Waals surface area contributed by atoms with Gasteiger partial charge in [0.15, 0.2) is 5.70 Å². The summed E-state index contributed by atoms with van der Waals surface area (Å²) in [5, 5.41) is 0. The first kappa shape index (κ1) is 17.7. The molecule has 1 aliphatic heterocycles. The van der Waals surface area contributed by atoms with E-state index < -0.39 is 5.97 Å². The molecule has 0 amide bonds. The van der Waals surface area contributed by atoms with Gasteiger partial charge in [0.2, 0.25) is 5.90 Å². The van der Waals surface area contributed by atoms with Crippen molar-refractivity contribution >= 4 is 17.9 Å². The summed E-state index contributed by atoms with van der Waals surface area (Å²) in [6.45, 7) is 2.50. The highest BCUT2D eigenvalue weighted by Crippen LogP contribution is 2.21. The Bertz CT molecular complexity index is 1050. The molecule has 0 saturated carbocycles. The van der Waals surface area contributed by atoms with Gasteiger partial charge >= 0.3 is 5.97 Å². The third kappa shape index (κ3) is 4.18. The standard InChI is InChI=1S/C24H19NO3/c1-17-6-5-9-20(14-17)23-25-22(24(26)28-23)15-18-10-12-21(13-11-18)27-16-19-7-3-2-4-8-19/h2-15H,16H2,1H3. The SMILES string of the molecule is Cc1cccc(C2=NC(=Cc3ccc(OCc4ccccc4)cc3)C(=O)O2)c1. The van der Waals surface area contributed by atoms with Gasteiger partial charge in [-0.05, 0) is 48.4 Å². The Labute approximate surface area is 163 Å². The monoisotopic (exact) mass is 369 g/mol. The Morgan fingerprint density at radius 3 is 2.50 bits per heavy atom. The summed E-state index contributed by atoms with van der Waals surface area (Å²) in [6, 6.07) is 25.2. The van der Waals surface area contributed by atoms with Gasteiger partial charge in [0.05, 0.1) is 0 Å². The third-order valence-electron chi connectivity index (χ3n) is 4.32. The maximum Gasteiger partial charge on any atom is 0.363 e.